The van der Waals surface area contributed by atoms with Crippen molar-refractivity contribution in [3.63, 3.8) is 0 Å². The Morgan fingerprint density at radius 3 is 2.58 bits per heavy atom. The van der Waals surface area contributed by atoms with E-state index in [0.29, 0.717) is 50.8 Å². The fourth-order valence-electron chi connectivity index (χ4n) is 4.37. The van der Waals surface area contributed by atoms with Gasteiger partial charge < -0.3 is 14.4 Å². The molecule has 2 fully saturated rings. The maximum Gasteiger partial charge on any atom is 0.243 e. The average molecular weight is 470 g/mol. The maximum absolute atomic E-state index is 11.8. The first-order valence-corrected chi connectivity index (χ1v) is 12.9. The summed E-state index contributed by atoms with van der Waals surface area (Å²) in [5.74, 6) is 0.477. The van der Waals surface area contributed by atoms with Crippen molar-refractivity contribution in [2.24, 2.45) is 0 Å². The molecule has 4 heterocycles. The number of ether oxygens (including phenoxy) is 2. The first-order valence-electron chi connectivity index (χ1n) is 11.1. The van der Waals surface area contributed by atoms with Crippen molar-refractivity contribution in [1.82, 2.24) is 19.3 Å². The van der Waals surface area contributed by atoms with Gasteiger partial charge in [0.15, 0.2) is 5.52 Å². The largest absolute Gasteiger partial charge is 0.470 e. The lowest BCUT2D eigenvalue weighted by molar-refractivity contribution is 0.139. The molecule has 0 bridgehead atoms. The van der Waals surface area contributed by atoms with Crippen molar-refractivity contribution in [3.8, 4) is 17.1 Å². The van der Waals surface area contributed by atoms with E-state index in [9.17, 15) is 8.42 Å². The van der Waals surface area contributed by atoms with Gasteiger partial charge in [-0.15, -0.1) is 0 Å². The molecule has 0 radical (unpaired) electrons. The summed E-state index contributed by atoms with van der Waals surface area (Å²) in [4.78, 5) is 15.9. The van der Waals surface area contributed by atoms with E-state index in [4.69, 9.17) is 14.5 Å². The number of anilines is 1. The van der Waals surface area contributed by atoms with Crippen LogP contribution in [0.5, 0.6) is 5.88 Å². The highest BCUT2D eigenvalue weighted by atomic mass is 32.2. The molecule has 0 spiro atoms. The third-order valence-corrected chi connectivity index (χ3v) is 7.43. The van der Waals surface area contributed by atoms with E-state index >= 15 is 0 Å². The Labute approximate surface area is 193 Å². The van der Waals surface area contributed by atoms with Gasteiger partial charge in [0.25, 0.3) is 0 Å². The quantitative estimate of drug-likeness (QED) is 0.561. The van der Waals surface area contributed by atoms with Crippen molar-refractivity contribution >= 4 is 26.7 Å². The summed E-state index contributed by atoms with van der Waals surface area (Å²) in [5.41, 5.74) is 5.32. The highest BCUT2D eigenvalue weighted by molar-refractivity contribution is 7.88. The Morgan fingerprint density at radius 2 is 1.88 bits per heavy atom. The van der Waals surface area contributed by atoms with Gasteiger partial charge in [-0.3, -0.25) is 4.98 Å². The molecule has 1 aromatic carbocycles. The molecule has 3 aromatic rings. The second-order valence-electron chi connectivity index (χ2n) is 8.49. The molecule has 2 aliphatic heterocycles. The molecule has 5 rings (SSSR count). The van der Waals surface area contributed by atoms with E-state index in [1.807, 2.05) is 12.1 Å². The van der Waals surface area contributed by atoms with Crippen LogP contribution in [-0.4, -0.2) is 79.4 Å². The van der Waals surface area contributed by atoms with Crippen LogP contribution >= 0.6 is 0 Å². The van der Waals surface area contributed by atoms with Crippen LogP contribution in [-0.2, 0) is 14.8 Å². The van der Waals surface area contributed by atoms with Crippen LogP contribution in [0.2, 0.25) is 0 Å². The molecule has 0 unspecified atom stereocenters. The number of piperazine rings is 1. The summed E-state index contributed by atoms with van der Waals surface area (Å²) < 4.78 is 36.7. The van der Waals surface area contributed by atoms with Gasteiger partial charge in [-0.25, -0.2) is 18.4 Å². The number of hydrogen-bond acceptors (Lipinski definition) is 8. The zero-order valence-electron chi connectivity index (χ0n) is 18.8. The normalized spacial score (nSPS) is 19.8. The van der Waals surface area contributed by atoms with Gasteiger partial charge >= 0.3 is 0 Å². The Kier molecular flexibility index (Phi) is 5.90. The second-order valence-corrected chi connectivity index (χ2v) is 10.5. The van der Waals surface area contributed by atoms with Gasteiger partial charge in [-0.2, -0.15) is 4.31 Å². The molecule has 0 N–H and O–H groups in total. The number of hydrogen-bond donors (Lipinski definition) is 0. The minimum atomic E-state index is -3.15. The first kappa shape index (κ1) is 22.0. The van der Waals surface area contributed by atoms with Crippen molar-refractivity contribution in [1.29, 1.82) is 0 Å². The molecule has 33 heavy (non-hydrogen) atoms. The smallest absolute Gasteiger partial charge is 0.243 e. The Balaban J connectivity index is 1.43. The predicted octanol–water partition coefficient (Wildman–Crippen LogP) is 2.25. The summed E-state index contributed by atoms with van der Waals surface area (Å²) in [6.45, 7) is 5.63. The van der Waals surface area contributed by atoms with E-state index < -0.39 is 10.0 Å². The number of aryl methyl sites for hydroxylation is 1. The van der Waals surface area contributed by atoms with E-state index in [1.165, 1.54) is 10.6 Å². The van der Waals surface area contributed by atoms with Crippen LogP contribution in [0.25, 0.3) is 22.3 Å². The third-order valence-electron chi connectivity index (χ3n) is 6.13. The van der Waals surface area contributed by atoms with E-state index in [-0.39, 0.29) is 6.10 Å². The van der Waals surface area contributed by atoms with Crippen LogP contribution in [0, 0.1) is 6.92 Å². The SMILES string of the molecule is Cc1cc(-c2cc3nccnc3c(O[C@@H]3CCOC3)n2)ccc1N1CCN(S(C)(=O)=O)CC1. The predicted molar refractivity (Wildman–Crippen MR) is 126 cm³/mol. The van der Waals surface area contributed by atoms with Gasteiger partial charge in [0.05, 0.1) is 30.7 Å². The molecule has 0 aliphatic carbocycles. The topological polar surface area (TPSA) is 97.8 Å². The molecule has 9 nitrogen and oxygen atoms in total. The van der Waals surface area contributed by atoms with Crippen molar-refractivity contribution in [2.75, 3.05) is 50.5 Å². The zero-order valence-corrected chi connectivity index (χ0v) is 19.6. The van der Waals surface area contributed by atoms with Crippen LogP contribution in [0.1, 0.15) is 12.0 Å². The number of fused-ring (bicyclic) bond motifs is 1. The number of aromatic nitrogens is 3. The van der Waals surface area contributed by atoms with Crippen LogP contribution in [0.3, 0.4) is 0 Å². The number of rotatable bonds is 5. The highest BCUT2D eigenvalue weighted by Crippen LogP contribution is 2.31. The highest BCUT2D eigenvalue weighted by Gasteiger charge is 2.25. The monoisotopic (exact) mass is 469 g/mol. The van der Waals surface area contributed by atoms with Crippen LogP contribution < -0.4 is 9.64 Å². The number of benzene rings is 1. The van der Waals surface area contributed by atoms with Crippen LogP contribution in [0.15, 0.2) is 36.7 Å². The molecule has 2 aromatic heterocycles. The van der Waals surface area contributed by atoms with E-state index in [2.05, 4.69) is 33.9 Å². The lowest BCUT2D eigenvalue weighted by Crippen LogP contribution is -2.48. The van der Waals surface area contributed by atoms with E-state index in [0.717, 1.165) is 34.4 Å². The van der Waals surface area contributed by atoms with Crippen molar-refractivity contribution in [3.05, 3.63) is 42.2 Å². The number of sulfonamides is 1. The van der Waals surface area contributed by atoms with Crippen molar-refractivity contribution < 1.29 is 17.9 Å². The standard InChI is InChI=1S/C23H27N5O4S/c1-16-13-17(3-4-21(16)27-8-10-28(11-9-27)33(2,29)30)19-14-20-22(25-7-6-24-20)23(26-19)32-18-5-12-31-15-18/h3-4,6-7,13-14,18H,5,8-12,15H2,1-2H3/t18-/m1/s1. The van der Waals surface area contributed by atoms with Gasteiger partial charge in [0.1, 0.15) is 6.10 Å². The first-order chi connectivity index (χ1) is 15.9. The molecule has 0 saturated carbocycles. The molecule has 1 atom stereocenters. The minimum absolute atomic E-state index is 0.0346. The summed E-state index contributed by atoms with van der Waals surface area (Å²) in [6.07, 6.45) is 5.37. The molecule has 0 amide bonds. The zero-order chi connectivity index (χ0) is 23.0. The summed E-state index contributed by atoms with van der Waals surface area (Å²) in [6, 6.07) is 8.15. The maximum atomic E-state index is 11.8. The van der Waals surface area contributed by atoms with Crippen LogP contribution in [0.4, 0.5) is 5.69 Å². The van der Waals surface area contributed by atoms with Gasteiger partial charge in [0, 0.05) is 56.2 Å². The van der Waals surface area contributed by atoms with Gasteiger partial charge in [-0.05, 0) is 30.7 Å². The van der Waals surface area contributed by atoms with Crippen molar-refractivity contribution in [2.45, 2.75) is 19.4 Å². The number of nitrogens with zero attached hydrogens (tertiary/aromatic N) is 5. The molecular weight excluding hydrogens is 442 g/mol. The van der Waals surface area contributed by atoms with Gasteiger partial charge in [-0.1, -0.05) is 6.07 Å². The number of pyridine rings is 1. The second kappa shape index (κ2) is 8.85. The third kappa shape index (κ3) is 4.64. The average Bonchev–Trinajstić information content (AvgIpc) is 3.31. The minimum Gasteiger partial charge on any atom is -0.470 e. The Hall–Kier alpha value is -2.82. The molecule has 2 saturated heterocycles. The molecular formula is C23H27N5O4S. The Bertz CT molecular complexity index is 1270. The molecule has 174 valence electrons. The fourth-order valence-corrected chi connectivity index (χ4v) is 5.19. The lowest BCUT2D eigenvalue weighted by Gasteiger charge is -2.35. The van der Waals surface area contributed by atoms with Gasteiger partial charge in [0.2, 0.25) is 15.9 Å². The fraction of sp³-hybridized carbons (Fsp3) is 0.435. The Morgan fingerprint density at radius 1 is 1.09 bits per heavy atom. The molecule has 2 aliphatic rings. The molecule has 10 heteroatoms. The summed E-state index contributed by atoms with van der Waals surface area (Å²) in [7, 11) is -3.15. The summed E-state index contributed by atoms with van der Waals surface area (Å²) >= 11 is 0. The summed E-state index contributed by atoms with van der Waals surface area (Å²) in [5, 5.41) is 0. The van der Waals surface area contributed by atoms with E-state index in [1.54, 1.807) is 12.4 Å². The lowest BCUT2D eigenvalue weighted by atomic mass is 10.0.